The van der Waals surface area contributed by atoms with Gasteiger partial charge in [0.2, 0.25) is 9.84 Å². The lowest BCUT2D eigenvalue weighted by molar-refractivity contribution is 0.594. The van der Waals surface area contributed by atoms with E-state index < -0.39 is 15.7 Å². The van der Waals surface area contributed by atoms with Gasteiger partial charge in [-0.05, 0) is 48.9 Å². The van der Waals surface area contributed by atoms with Crippen molar-refractivity contribution in [3.63, 3.8) is 0 Å². The van der Waals surface area contributed by atoms with Gasteiger partial charge in [0.1, 0.15) is 5.82 Å². The lowest BCUT2D eigenvalue weighted by Crippen LogP contribution is -2.02. The highest BCUT2D eigenvalue weighted by Crippen LogP contribution is 2.21. The first-order chi connectivity index (χ1) is 8.00. The van der Waals surface area contributed by atoms with Crippen LogP contribution in [0.4, 0.5) is 4.39 Å². The average Bonchev–Trinajstić information content (AvgIpc) is 2.29. The molecule has 2 aromatic rings. The molecular formula is C13H11FO2S. The Balaban J connectivity index is 2.54. The van der Waals surface area contributed by atoms with E-state index in [4.69, 9.17) is 0 Å². The van der Waals surface area contributed by atoms with Gasteiger partial charge in [-0.3, -0.25) is 0 Å². The Bertz CT molecular complexity index is 631. The van der Waals surface area contributed by atoms with Crippen molar-refractivity contribution in [1.29, 1.82) is 0 Å². The zero-order valence-corrected chi connectivity index (χ0v) is 10.0. The van der Waals surface area contributed by atoms with Crippen molar-refractivity contribution in [2.45, 2.75) is 16.7 Å². The van der Waals surface area contributed by atoms with Crippen LogP contribution in [-0.2, 0) is 9.84 Å². The van der Waals surface area contributed by atoms with Gasteiger partial charge in [-0.2, -0.15) is 0 Å². The molecule has 2 rings (SSSR count). The van der Waals surface area contributed by atoms with E-state index in [1.807, 2.05) is 13.0 Å². The molecule has 0 fully saturated rings. The summed E-state index contributed by atoms with van der Waals surface area (Å²) in [6, 6.07) is 11.5. The molecule has 88 valence electrons. The second-order valence-corrected chi connectivity index (χ2v) is 5.72. The quantitative estimate of drug-likeness (QED) is 0.768. The summed E-state index contributed by atoms with van der Waals surface area (Å²) in [7, 11) is -3.54. The monoisotopic (exact) mass is 250 g/mol. The summed E-state index contributed by atoms with van der Waals surface area (Å²) in [6.45, 7) is 1.82. The van der Waals surface area contributed by atoms with Crippen LogP contribution in [0.25, 0.3) is 0 Å². The molecule has 0 aliphatic carbocycles. The van der Waals surface area contributed by atoms with Crippen LogP contribution in [0, 0.1) is 12.7 Å². The minimum Gasteiger partial charge on any atom is -0.219 e. The first-order valence-corrected chi connectivity index (χ1v) is 6.56. The lowest BCUT2D eigenvalue weighted by Gasteiger charge is -2.05. The van der Waals surface area contributed by atoms with Crippen molar-refractivity contribution >= 4 is 9.84 Å². The zero-order valence-electron chi connectivity index (χ0n) is 9.22. The Hall–Kier alpha value is -1.68. The van der Waals surface area contributed by atoms with Crippen LogP contribution in [-0.4, -0.2) is 8.42 Å². The van der Waals surface area contributed by atoms with E-state index in [1.54, 1.807) is 12.1 Å². The first-order valence-electron chi connectivity index (χ1n) is 5.07. The maximum atomic E-state index is 12.7. The fourth-order valence-corrected chi connectivity index (χ4v) is 2.90. The number of sulfone groups is 1. The molecule has 0 radical (unpaired) electrons. The van der Waals surface area contributed by atoms with Crippen molar-refractivity contribution in [2.24, 2.45) is 0 Å². The van der Waals surface area contributed by atoms with Crippen molar-refractivity contribution in [1.82, 2.24) is 0 Å². The van der Waals surface area contributed by atoms with E-state index in [1.165, 1.54) is 18.2 Å². The molecule has 0 amide bonds. The topological polar surface area (TPSA) is 34.1 Å². The van der Waals surface area contributed by atoms with E-state index in [0.29, 0.717) is 0 Å². The summed E-state index contributed by atoms with van der Waals surface area (Å²) < 4.78 is 37.1. The van der Waals surface area contributed by atoms with Crippen LogP contribution < -0.4 is 0 Å². The summed E-state index contributed by atoms with van der Waals surface area (Å²) >= 11 is 0. The molecule has 0 aliphatic heterocycles. The van der Waals surface area contributed by atoms with E-state index in [-0.39, 0.29) is 9.79 Å². The Morgan fingerprint density at radius 2 is 1.59 bits per heavy atom. The third kappa shape index (κ3) is 2.36. The van der Waals surface area contributed by atoms with Crippen LogP contribution in [0.1, 0.15) is 5.56 Å². The smallest absolute Gasteiger partial charge is 0.206 e. The van der Waals surface area contributed by atoms with E-state index >= 15 is 0 Å². The van der Waals surface area contributed by atoms with Crippen molar-refractivity contribution < 1.29 is 12.8 Å². The molecule has 2 aromatic carbocycles. The molecule has 17 heavy (non-hydrogen) atoms. The molecule has 2 nitrogen and oxygen atoms in total. The number of hydrogen-bond donors (Lipinski definition) is 0. The van der Waals surface area contributed by atoms with Crippen LogP contribution in [0.5, 0.6) is 0 Å². The third-order valence-electron chi connectivity index (χ3n) is 2.42. The second kappa shape index (κ2) is 4.30. The van der Waals surface area contributed by atoms with Gasteiger partial charge in [0, 0.05) is 0 Å². The molecule has 0 N–H and O–H groups in total. The number of aryl methyl sites for hydroxylation is 1. The predicted molar refractivity (Wildman–Crippen MR) is 63.0 cm³/mol. The molecule has 0 atom stereocenters. The van der Waals surface area contributed by atoms with Gasteiger partial charge in [0.05, 0.1) is 9.79 Å². The maximum Gasteiger partial charge on any atom is 0.206 e. The fraction of sp³-hybridized carbons (Fsp3) is 0.0769. The molecule has 0 aliphatic rings. The highest BCUT2D eigenvalue weighted by atomic mass is 32.2. The lowest BCUT2D eigenvalue weighted by atomic mass is 10.2. The largest absolute Gasteiger partial charge is 0.219 e. The Morgan fingerprint density at radius 3 is 2.18 bits per heavy atom. The molecule has 0 unspecified atom stereocenters. The highest BCUT2D eigenvalue weighted by molar-refractivity contribution is 7.91. The molecule has 0 bridgehead atoms. The minimum absolute atomic E-state index is 0.101. The minimum atomic E-state index is -3.54. The number of hydrogen-bond acceptors (Lipinski definition) is 2. The summed E-state index contributed by atoms with van der Waals surface area (Å²) in [5.74, 6) is -0.451. The summed E-state index contributed by atoms with van der Waals surface area (Å²) in [5, 5.41) is 0. The van der Waals surface area contributed by atoms with Crippen LogP contribution in [0.15, 0.2) is 58.3 Å². The third-order valence-corrected chi connectivity index (χ3v) is 4.19. The average molecular weight is 250 g/mol. The van der Waals surface area contributed by atoms with Gasteiger partial charge in [-0.25, -0.2) is 12.8 Å². The van der Waals surface area contributed by atoms with Gasteiger partial charge in [0.25, 0.3) is 0 Å². The molecule has 0 aromatic heterocycles. The standard InChI is InChI=1S/C13H11FO2S/c1-10-3-2-4-13(9-10)17(15,16)12-7-5-11(14)6-8-12/h2-9H,1H3. The van der Waals surface area contributed by atoms with Gasteiger partial charge < -0.3 is 0 Å². The van der Waals surface area contributed by atoms with E-state index in [9.17, 15) is 12.8 Å². The van der Waals surface area contributed by atoms with Crippen molar-refractivity contribution in [3.05, 3.63) is 59.9 Å². The molecule has 0 spiro atoms. The summed E-state index contributed by atoms with van der Waals surface area (Å²) in [5.41, 5.74) is 0.869. The molecule has 0 saturated heterocycles. The maximum absolute atomic E-state index is 12.7. The highest BCUT2D eigenvalue weighted by Gasteiger charge is 2.17. The van der Waals surface area contributed by atoms with Gasteiger partial charge in [0.15, 0.2) is 0 Å². The van der Waals surface area contributed by atoms with E-state index in [2.05, 4.69) is 0 Å². The number of rotatable bonds is 2. The number of halogens is 1. The van der Waals surface area contributed by atoms with Gasteiger partial charge >= 0.3 is 0 Å². The SMILES string of the molecule is Cc1cccc(S(=O)(=O)c2ccc(F)cc2)c1. The first kappa shape index (κ1) is 11.8. The number of benzene rings is 2. The van der Waals surface area contributed by atoms with Crippen molar-refractivity contribution in [3.8, 4) is 0 Å². The zero-order chi connectivity index (χ0) is 12.5. The van der Waals surface area contributed by atoms with Gasteiger partial charge in [-0.15, -0.1) is 0 Å². The molecular weight excluding hydrogens is 239 g/mol. The van der Waals surface area contributed by atoms with Crippen LogP contribution in [0.3, 0.4) is 0 Å². The van der Waals surface area contributed by atoms with E-state index in [0.717, 1.165) is 17.7 Å². The van der Waals surface area contributed by atoms with Crippen LogP contribution in [0.2, 0.25) is 0 Å². The molecule has 0 saturated carbocycles. The Morgan fingerprint density at radius 1 is 0.941 bits per heavy atom. The second-order valence-electron chi connectivity index (χ2n) is 3.77. The Labute approximate surface area is 99.6 Å². The fourth-order valence-electron chi connectivity index (χ4n) is 1.53. The molecule has 4 heteroatoms. The van der Waals surface area contributed by atoms with Crippen LogP contribution >= 0.6 is 0 Å². The summed E-state index contributed by atoms with van der Waals surface area (Å²) in [4.78, 5) is 0.327. The predicted octanol–water partition coefficient (Wildman–Crippen LogP) is 2.97. The molecule has 0 heterocycles. The Kier molecular flexibility index (Phi) is 2.98. The van der Waals surface area contributed by atoms with Crippen molar-refractivity contribution in [2.75, 3.05) is 0 Å². The normalized spacial score (nSPS) is 11.4. The summed E-state index contributed by atoms with van der Waals surface area (Å²) in [6.07, 6.45) is 0. The van der Waals surface area contributed by atoms with Gasteiger partial charge in [-0.1, -0.05) is 12.1 Å².